The van der Waals surface area contributed by atoms with Crippen molar-refractivity contribution in [3.63, 3.8) is 0 Å². The zero-order valence-corrected chi connectivity index (χ0v) is 11.3. The van der Waals surface area contributed by atoms with Gasteiger partial charge in [0.05, 0.1) is 16.6 Å². The summed E-state index contributed by atoms with van der Waals surface area (Å²) in [5, 5.41) is 2.56. The normalized spacial score (nSPS) is 13.1. The van der Waals surface area contributed by atoms with E-state index in [4.69, 9.17) is 5.73 Å². The third-order valence-corrected chi connectivity index (χ3v) is 3.64. The molecule has 0 heterocycles. The average molecular weight is 270 g/mol. The maximum absolute atomic E-state index is 11.8. The van der Waals surface area contributed by atoms with Gasteiger partial charge in [-0.05, 0) is 18.6 Å². The number of hydrogen-bond donors (Lipinski definition) is 2. The van der Waals surface area contributed by atoms with Crippen LogP contribution in [0.5, 0.6) is 0 Å². The fourth-order valence-electron chi connectivity index (χ4n) is 1.56. The number of carbonyl (C=O) groups is 1. The number of rotatable bonds is 5. The molecule has 5 nitrogen and oxygen atoms in total. The second-order valence-electron chi connectivity index (χ2n) is 4.15. The van der Waals surface area contributed by atoms with Crippen LogP contribution in [0.4, 0.5) is 5.69 Å². The largest absolute Gasteiger partial charge is 0.324 e. The van der Waals surface area contributed by atoms with Crippen molar-refractivity contribution >= 4 is 21.4 Å². The molecule has 3 N–H and O–H groups in total. The highest BCUT2D eigenvalue weighted by atomic mass is 32.2. The van der Waals surface area contributed by atoms with E-state index in [0.717, 1.165) is 12.7 Å². The molecule has 0 fully saturated rings. The lowest BCUT2D eigenvalue weighted by atomic mass is 10.1. The highest BCUT2D eigenvalue weighted by Gasteiger charge is 2.17. The number of nitrogens with one attached hydrogen (secondary N) is 1. The molecule has 1 aromatic rings. The predicted octanol–water partition coefficient (Wildman–Crippen LogP) is 1.16. The van der Waals surface area contributed by atoms with E-state index in [0.29, 0.717) is 6.42 Å². The van der Waals surface area contributed by atoms with Crippen LogP contribution in [0, 0.1) is 0 Å². The Morgan fingerprint density at radius 3 is 2.56 bits per heavy atom. The van der Waals surface area contributed by atoms with Crippen molar-refractivity contribution < 1.29 is 13.2 Å². The third-order valence-electron chi connectivity index (χ3n) is 2.48. The molecule has 0 unspecified atom stereocenters. The fourth-order valence-corrected chi connectivity index (χ4v) is 2.41. The molecule has 0 saturated carbocycles. The van der Waals surface area contributed by atoms with Crippen LogP contribution in [0.25, 0.3) is 0 Å². The van der Waals surface area contributed by atoms with E-state index in [-0.39, 0.29) is 16.5 Å². The molecular formula is C12H18N2O3S. The molecule has 0 saturated heterocycles. The van der Waals surface area contributed by atoms with Gasteiger partial charge in [-0.3, -0.25) is 4.79 Å². The Bertz CT molecular complexity index is 526. The highest BCUT2D eigenvalue weighted by molar-refractivity contribution is 7.90. The summed E-state index contributed by atoms with van der Waals surface area (Å²) in [5.41, 5.74) is 5.95. The summed E-state index contributed by atoms with van der Waals surface area (Å²) >= 11 is 0. The first-order valence-corrected chi connectivity index (χ1v) is 7.61. The molecular weight excluding hydrogens is 252 g/mol. The fraction of sp³-hybridized carbons (Fsp3) is 0.417. The van der Waals surface area contributed by atoms with Gasteiger partial charge < -0.3 is 11.1 Å². The summed E-state index contributed by atoms with van der Waals surface area (Å²) in [6.45, 7) is 1.93. The molecule has 0 aliphatic rings. The first kappa shape index (κ1) is 14.7. The number of hydrogen-bond acceptors (Lipinski definition) is 4. The third kappa shape index (κ3) is 3.82. The average Bonchev–Trinajstić information content (AvgIpc) is 2.28. The maximum Gasteiger partial charge on any atom is 0.241 e. The Hall–Kier alpha value is -1.40. The van der Waals surface area contributed by atoms with Crippen molar-refractivity contribution in [2.24, 2.45) is 5.73 Å². The number of sulfone groups is 1. The van der Waals surface area contributed by atoms with Crippen LogP contribution in [0.1, 0.15) is 19.8 Å². The van der Waals surface area contributed by atoms with Crippen molar-refractivity contribution in [1.29, 1.82) is 0 Å². The zero-order chi connectivity index (χ0) is 13.8. The number of anilines is 1. The van der Waals surface area contributed by atoms with Gasteiger partial charge in [0.1, 0.15) is 0 Å². The minimum Gasteiger partial charge on any atom is -0.324 e. The molecule has 1 amide bonds. The molecule has 6 heteroatoms. The van der Waals surface area contributed by atoms with Crippen LogP contribution >= 0.6 is 0 Å². The number of amides is 1. The van der Waals surface area contributed by atoms with E-state index in [1.807, 2.05) is 6.92 Å². The van der Waals surface area contributed by atoms with Crippen LogP contribution in [0.15, 0.2) is 29.2 Å². The summed E-state index contributed by atoms with van der Waals surface area (Å²) in [4.78, 5) is 11.8. The molecule has 0 radical (unpaired) electrons. The van der Waals surface area contributed by atoms with Gasteiger partial charge in [0.2, 0.25) is 5.91 Å². The van der Waals surface area contributed by atoms with Gasteiger partial charge in [-0.1, -0.05) is 25.5 Å². The molecule has 0 bridgehead atoms. The van der Waals surface area contributed by atoms with Gasteiger partial charge >= 0.3 is 0 Å². The Labute approximate surface area is 107 Å². The molecule has 0 aliphatic carbocycles. The van der Waals surface area contributed by atoms with Crippen molar-refractivity contribution in [2.45, 2.75) is 30.7 Å². The Morgan fingerprint density at radius 1 is 1.39 bits per heavy atom. The first-order chi connectivity index (χ1) is 8.36. The molecule has 100 valence electrons. The van der Waals surface area contributed by atoms with Crippen LogP contribution in [-0.2, 0) is 14.6 Å². The van der Waals surface area contributed by atoms with Crippen molar-refractivity contribution in [1.82, 2.24) is 0 Å². The van der Waals surface area contributed by atoms with E-state index in [9.17, 15) is 13.2 Å². The Balaban J connectivity index is 2.95. The molecule has 0 aliphatic heterocycles. The van der Waals surface area contributed by atoms with Crippen LogP contribution in [0.2, 0.25) is 0 Å². The standard InChI is InChI=1S/C12H18N2O3S/c1-3-6-9(13)12(15)14-10-7-4-5-8-11(10)18(2,16)17/h4-5,7-9H,3,6,13H2,1-2H3,(H,14,15)/t9-/m0/s1. The van der Waals surface area contributed by atoms with E-state index in [1.54, 1.807) is 18.2 Å². The Kier molecular flexibility index (Phi) is 4.86. The SMILES string of the molecule is CCC[C@H](N)C(=O)Nc1ccccc1S(C)(=O)=O. The van der Waals surface area contributed by atoms with Gasteiger partial charge in [0.15, 0.2) is 9.84 Å². The summed E-state index contributed by atoms with van der Waals surface area (Å²) in [5.74, 6) is -0.368. The highest BCUT2D eigenvalue weighted by Crippen LogP contribution is 2.20. The zero-order valence-electron chi connectivity index (χ0n) is 10.5. The van der Waals surface area contributed by atoms with E-state index >= 15 is 0 Å². The van der Waals surface area contributed by atoms with Gasteiger partial charge in [0, 0.05) is 6.26 Å². The lowest BCUT2D eigenvalue weighted by Gasteiger charge is -2.13. The summed E-state index contributed by atoms with van der Waals surface area (Å²) < 4.78 is 23.1. The molecule has 1 atom stereocenters. The first-order valence-electron chi connectivity index (χ1n) is 5.71. The summed E-state index contributed by atoms with van der Waals surface area (Å²) in [6.07, 6.45) is 2.46. The Morgan fingerprint density at radius 2 is 2.00 bits per heavy atom. The lowest BCUT2D eigenvalue weighted by molar-refractivity contribution is -0.117. The monoisotopic (exact) mass is 270 g/mol. The van der Waals surface area contributed by atoms with Gasteiger partial charge in [-0.15, -0.1) is 0 Å². The topological polar surface area (TPSA) is 89.3 Å². The number of para-hydroxylation sites is 1. The van der Waals surface area contributed by atoms with E-state index in [1.165, 1.54) is 6.07 Å². The minimum atomic E-state index is -3.37. The van der Waals surface area contributed by atoms with Gasteiger partial charge in [0.25, 0.3) is 0 Å². The molecule has 1 rings (SSSR count). The molecule has 18 heavy (non-hydrogen) atoms. The smallest absolute Gasteiger partial charge is 0.241 e. The van der Waals surface area contributed by atoms with Crippen molar-refractivity contribution in [2.75, 3.05) is 11.6 Å². The summed E-state index contributed by atoms with van der Waals surface area (Å²) in [7, 11) is -3.37. The number of carbonyl (C=O) groups excluding carboxylic acids is 1. The maximum atomic E-state index is 11.8. The molecule has 1 aromatic carbocycles. The number of nitrogens with two attached hydrogens (primary N) is 1. The minimum absolute atomic E-state index is 0.0991. The molecule has 0 spiro atoms. The number of benzene rings is 1. The predicted molar refractivity (Wildman–Crippen MR) is 71.1 cm³/mol. The van der Waals surface area contributed by atoms with E-state index in [2.05, 4.69) is 5.32 Å². The summed E-state index contributed by atoms with van der Waals surface area (Å²) in [6, 6.07) is 5.65. The lowest BCUT2D eigenvalue weighted by Crippen LogP contribution is -2.35. The van der Waals surface area contributed by atoms with Crippen LogP contribution in [-0.4, -0.2) is 26.6 Å². The van der Waals surface area contributed by atoms with Crippen molar-refractivity contribution in [3.8, 4) is 0 Å². The second-order valence-corrected chi connectivity index (χ2v) is 6.14. The van der Waals surface area contributed by atoms with E-state index < -0.39 is 15.9 Å². The second kappa shape index (κ2) is 5.97. The quantitative estimate of drug-likeness (QED) is 0.840. The molecule has 0 aromatic heterocycles. The van der Waals surface area contributed by atoms with Gasteiger partial charge in [-0.25, -0.2) is 8.42 Å². The van der Waals surface area contributed by atoms with Gasteiger partial charge in [-0.2, -0.15) is 0 Å². The van der Waals surface area contributed by atoms with Crippen LogP contribution in [0.3, 0.4) is 0 Å². The van der Waals surface area contributed by atoms with Crippen molar-refractivity contribution in [3.05, 3.63) is 24.3 Å². The van der Waals surface area contributed by atoms with Crippen LogP contribution < -0.4 is 11.1 Å².